The first-order chi connectivity index (χ1) is 9.03. The van der Waals surface area contributed by atoms with Crippen molar-refractivity contribution in [2.75, 3.05) is 6.54 Å². The lowest BCUT2D eigenvalue weighted by molar-refractivity contribution is -0.124. The number of nitrogens with one attached hydrogen (secondary N) is 2. The fourth-order valence-electron chi connectivity index (χ4n) is 4.04. The van der Waals surface area contributed by atoms with Crippen molar-refractivity contribution >= 4 is 5.91 Å². The Morgan fingerprint density at radius 2 is 1.95 bits per heavy atom. The summed E-state index contributed by atoms with van der Waals surface area (Å²) in [7, 11) is 0. The molecule has 0 radical (unpaired) electrons. The molecular formula is C14H22F2N2O. The molecule has 3 aliphatic rings. The minimum atomic E-state index is -2.73. The van der Waals surface area contributed by atoms with Crippen molar-refractivity contribution in [2.45, 2.75) is 63.0 Å². The lowest BCUT2D eigenvalue weighted by Gasteiger charge is -2.32. The summed E-state index contributed by atoms with van der Waals surface area (Å²) in [6.45, 7) is -0.375. The van der Waals surface area contributed by atoms with Crippen molar-refractivity contribution in [3.8, 4) is 0 Å². The molecule has 4 unspecified atom stereocenters. The van der Waals surface area contributed by atoms with Gasteiger partial charge in [-0.05, 0) is 31.1 Å². The van der Waals surface area contributed by atoms with E-state index in [1.807, 2.05) is 0 Å². The molecule has 1 saturated heterocycles. The molecule has 0 bridgehead atoms. The highest BCUT2D eigenvalue weighted by Gasteiger charge is 2.43. The summed E-state index contributed by atoms with van der Waals surface area (Å²) >= 11 is 0. The smallest absolute Gasteiger partial charge is 0.262 e. The second-order valence-corrected chi connectivity index (χ2v) is 6.46. The molecule has 3 nitrogen and oxygen atoms in total. The van der Waals surface area contributed by atoms with Crippen molar-refractivity contribution in [3.05, 3.63) is 0 Å². The molecule has 0 spiro atoms. The maximum atomic E-state index is 13.1. The van der Waals surface area contributed by atoms with Gasteiger partial charge in [-0.1, -0.05) is 19.3 Å². The summed E-state index contributed by atoms with van der Waals surface area (Å²) in [6, 6.07) is -0.515. The summed E-state index contributed by atoms with van der Waals surface area (Å²) in [4.78, 5) is 12.0. The average molecular weight is 272 g/mol. The van der Waals surface area contributed by atoms with E-state index >= 15 is 0 Å². The Labute approximate surface area is 112 Å². The second-order valence-electron chi connectivity index (χ2n) is 6.46. The molecular weight excluding hydrogens is 250 g/mol. The molecule has 4 atom stereocenters. The predicted molar refractivity (Wildman–Crippen MR) is 68.0 cm³/mol. The number of hydrogen-bond acceptors (Lipinski definition) is 2. The van der Waals surface area contributed by atoms with Crippen molar-refractivity contribution in [3.63, 3.8) is 0 Å². The van der Waals surface area contributed by atoms with Crippen LogP contribution < -0.4 is 10.6 Å². The third kappa shape index (κ3) is 2.91. The fourth-order valence-corrected chi connectivity index (χ4v) is 4.04. The number of rotatable bonds is 2. The number of carbonyl (C=O) groups excluding carboxylic acids is 1. The highest BCUT2D eigenvalue weighted by atomic mass is 19.3. The lowest BCUT2D eigenvalue weighted by atomic mass is 9.79. The molecule has 3 fully saturated rings. The monoisotopic (exact) mass is 272 g/mol. The number of fused-ring (bicyclic) bond motifs is 1. The van der Waals surface area contributed by atoms with E-state index in [-0.39, 0.29) is 24.9 Å². The van der Waals surface area contributed by atoms with Crippen LogP contribution in [-0.2, 0) is 4.79 Å². The first-order valence-electron chi connectivity index (χ1n) is 7.45. The second kappa shape index (κ2) is 5.00. The Balaban J connectivity index is 1.50. The molecule has 1 aliphatic heterocycles. The molecule has 0 aromatic carbocycles. The van der Waals surface area contributed by atoms with Gasteiger partial charge in [0.2, 0.25) is 5.91 Å². The minimum Gasteiger partial charge on any atom is -0.352 e. The van der Waals surface area contributed by atoms with Crippen LogP contribution in [0.1, 0.15) is 44.9 Å². The molecule has 2 N–H and O–H groups in total. The Morgan fingerprint density at radius 1 is 1.16 bits per heavy atom. The zero-order valence-electron chi connectivity index (χ0n) is 11.1. The van der Waals surface area contributed by atoms with Crippen LogP contribution in [-0.4, -0.2) is 30.5 Å². The largest absolute Gasteiger partial charge is 0.352 e. The van der Waals surface area contributed by atoms with E-state index in [1.165, 1.54) is 25.7 Å². The lowest BCUT2D eigenvalue weighted by Crippen LogP contribution is -2.47. The van der Waals surface area contributed by atoms with E-state index in [1.54, 1.807) is 0 Å². The molecule has 1 amide bonds. The summed E-state index contributed by atoms with van der Waals surface area (Å²) < 4.78 is 26.1. The average Bonchev–Trinajstić information content (AvgIpc) is 2.94. The van der Waals surface area contributed by atoms with E-state index < -0.39 is 12.0 Å². The standard InChI is InChI=1S/C14H22F2N2O/c15-14(16)7-12(17-8-14)13(19)18-11-5-4-9-2-1-3-10(9)6-11/h9-12,17H,1-8H2,(H,18,19). The Morgan fingerprint density at radius 3 is 2.68 bits per heavy atom. The van der Waals surface area contributed by atoms with Crippen LogP contribution in [0.3, 0.4) is 0 Å². The molecule has 19 heavy (non-hydrogen) atoms. The molecule has 2 aliphatic carbocycles. The molecule has 0 aromatic heterocycles. The Bertz CT molecular complexity index is 361. The van der Waals surface area contributed by atoms with Crippen LogP contribution in [0, 0.1) is 11.8 Å². The highest BCUT2D eigenvalue weighted by molar-refractivity contribution is 5.82. The van der Waals surface area contributed by atoms with Crippen molar-refractivity contribution in [1.82, 2.24) is 10.6 Å². The highest BCUT2D eigenvalue weighted by Crippen LogP contribution is 2.42. The van der Waals surface area contributed by atoms with Crippen LogP contribution in [0.4, 0.5) is 8.78 Å². The van der Waals surface area contributed by atoms with E-state index in [0.717, 1.165) is 24.7 Å². The van der Waals surface area contributed by atoms with Gasteiger partial charge >= 0.3 is 0 Å². The SMILES string of the molecule is O=C(NC1CCC2CCCC2C1)C1CC(F)(F)CN1. The van der Waals surface area contributed by atoms with Gasteiger partial charge in [-0.25, -0.2) is 8.78 Å². The van der Waals surface area contributed by atoms with Gasteiger partial charge in [0.25, 0.3) is 5.92 Å². The van der Waals surface area contributed by atoms with Gasteiger partial charge in [0, 0.05) is 12.5 Å². The molecule has 2 saturated carbocycles. The molecule has 1 heterocycles. The predicted octanol–water partition coefficient (Wildman–Crippen LogP) is 2.07. The van der Waals surface area contributed by atoms with Crippen LogP contribution in [0.5, 0.6) is 0 Å². The maximum absolute atomic E-state index is 13.1. The van der Waals surface area contributed by atoms with Crippen LogP contribution in [0.15, 0.2) is 0 Å². The zero-order chi connectivity index (χ0) is 13.5. The van der Waals surface area contributed by atoms with Crippen LogP contribution in [0.2, 0.25) is 0 Å². The first kappa shape index (κ1) is 13.3. The van der Waals surface area contributed by atoms with Crippen molar-refractivity contribution < 1.29 is 13.6 Å². The van der Waals surface area contributed by atoms with Gasteiger partial charge in [0.05, 0.1) is 12.6 Å². The first-order valence-corrected chi connectivity index (χ1v) is 7.45. The topological polar surface area (TPSA) is 41.1 Å². The van der Waals surface area contributed by atoms with Crippen molar-refractivity contribution in [1.29, 1.82) is 0 Å². The maximum Gasteiger partial charge on any atom is 0.262 e. The fraction of sp³-hybridized carbons (Fsp3) is 0.929. The number of carbonyl (C=O) groups is 1. The van der Waals surface area contributed by atoms with Gasteiger partial charge in [-0.2, -0.15) is 0 Å². The quantitative estimate of drug-likeness (QED) is 0.808. The summed E-state index contributed by atoms with van der Waals surface area (Å²) in [5.74, 6) is -1.37. The van der Waals surface area contributed by atoms with Gasteiger partial charge in [0.15, 0.2) is 0 Å². The van der Waals surface area contributed by atoms with Crippen LogP contribution >= 0.6 is 0 Å². The Hall–Kier alpha value is -0.710. The van der Waals surface area contributed by atoms with E-state index in [0.29, 0.717) is 0 Å². The van der Waals surface area contributed by atoms with Crippen molar-refractivity contribution in [2.24, 2.45) is 11.8 Å². The van der Waals surface area contributed by atoms with E-state index in [9.17, 15) is 13.6 Å². The summed E-state index contributed by atoms with van der Waals surface area (Å²) in [5, 5.41) is 5.60. The molecule has 3 rings (SSSR count). The molecule has 108 valence electrons. The number of amides is 1. The third-order valence-electron chi connectivity index (χ3n) is 5.06. The number of hydrogen-bond donors (Lipinski definition) is 2. The van der Waals surface area contributed by atoms with Crippen LogP contribution in [0.25, 0.3) is 0 Å². The summed E-state index contributed by atoms with van der Waals surface area (Å²) in [6.07, 6.45) is 6.79. The zero-order valence-corrected chi connectivity index (χ0v) is 11.1. The third-order valence-corrected chi connectivity index (χ3v) is 5.06. The van der Waals surface area contributed by atoms with E-state index in [4.69, 9.17) is 0 Å². The molecule has 0 aromatic rings. The van der Waals surface area contributed by atoms with Gasteiger partial charge in [-0.3, -0.25) is 10.1 Å². The van der Waals surface area contributed by atoms with Gasteiger partial charge in [0.1, 0.15) is 0 Å². The Kier molecular flexibility index (Phi) is 3.50. The van der Waals surface area contributed by atoms with Gasteiger partial charge < -0.3 is 5.32 Å². The van der Waals surface area contributed by atoms with E-state index in [2.05, 4.69) is 10.6 Å². The summed E-state index contributed by atoms with van der Waals surface area (Å²) in [5.41, 5.74) is 0. The minimum absolute atomic E-state index is 0.197. The number of alkyl halides is 2. The van der Waals surface area contributed by atoms with Gasteiger partial charge in [-0.15, -0.1) is 0 Å². The molecule has 5 heteroatoms. The normalized spacial score (nSPS) is 40.9. The number of halogens is 2.